The molecule has 86 valence electrons. The molecule has 0 spiro atoms. The first-order valence-electron chi connectivity index (χ1n) is 5.67. The molecule has 0 amide bonds. The van der Waals surface area contributed by atoms with E-state index in [9.17, 15) is 0 Å². The van der Waals surface area contributed by atoms with Gasteiger partial charge in [0.05, 0.1) is 12.6 Å². The molecule has 1 heterocycles. The summed E-state index contributed by atoms with van der Waals surface area (Å²) in [6.45, 7) is 1.87. The molecule has 0 aromatic carbocycles. The van der Waals surface area contributed by atoms with Crippen LogP contribution in [0.1, 0.15) is 25.1 Å². The van der Waals surface area contributed by atoms with Crippen LogP contribution in [0.5, 0.6) is 0 Å². The molecule has 0 saturated heterocycles. The first-order valence-corrected chi connectivity index (χ1v) is 5.67. The van der Waals surface area contributed by atoms with Crippen LogP contribution in [0.25, 0.3) is 0 Å². The Morgan fingerprint density at radius 2 is 2.38 bits per heavy atom. The van der Waals surface area contributed by atoms with E-state index < -0.39 is 0 Å². The van der Waals surface area contributed by atoms with E-state index in [1.54, 1.807) is 0 Å². The average molecular weight is 218 g/mol. The Bertz CT molecular complexity index is 397. The van der Waals surface area contributed by atoms with Crippen LogP contribution in [0.15, 0.2) is 12.4 Å². The van der Waals surface area contributed by atoms with E-state index in [4.69, 9.17) is 5.26 Å². The molecule has 0 N–H and O–H groups in total. The molecule has 16 heavy (non-hydrogen) atoms. The number of nitriles is 1. The highest BCUT2D eigenvalue weighted by Gasteiger charge is 2.43. The standard InChI is InChI=1S/C12H18N4/c1-15(9-11-14-7-8-16(11)2)10-12(3-4-12)5-6-13/h7-8H,3-5,9-10H2,1-2H3. The number of imidazole rings is 1. The molecular formula is C12H18N4. The number of hydrogen-bond donors (Lipinski definition) is 0. The van der Waals surface area contributed by atoms with Crippen molar-refractivity contribution in [2.24, 2.45) is 12.5 Å². The van der Waals surface area contributed by atoms with Gasteiger partial charge in [-0.25, -0.2) is 4.98 Å². The van der Waals surface area contributed by atoms with Crippen molar-refractivity contribution >= 4 is 0 Å². The van der Waals surface area contributed by atoms with Gasteiger partial charge < -0.3 is 4.57 Å². The van der Waals surface area contributed by atoms with Gasteiger partial charge in [-0.15, -0.1) is 0 Å². The summed E-state index contributed by atoms with van der Waals surface area (Å²) in [5, 5.41) is 8.77. The van der Waals surface area contributed by atoms with Crippen molar-refractivity contribution in [3.8, 4) is 6.07 Å². The predicted molar refractivity (Wildman–Crippen MR) is 61.4 cm³/mol. The Balaban J connectivity index is 1.88. The van der Waals surface area contributed by atoms with Crippen LogP contribution in [0, 0.1) is 16.7 Å². The largest absolute Gasteiger partial charge is 0.337 e. The lowest BCUT2D eigenvalue weighted by molar-refractivity contribution is 0.250. The number of rotatable bonds is 5. The van der Waals surface area contributed by atoms with Gasteiger partial charge in [0, 0.05) is 32.4 Å². The summed E-state index contributed by atoms with van der Waals surface area (Å²) in [5.41, 5.74) is 0.286. The Hall–Kier alpha value is -1.34. The van der Waals surface area contributed by atoms with Gasteiger partial charge in [-0.2, -0.15) is 5.26 Å². The quantitative estimate of drug-likeness (QED) is 0.753. The summed E-state index contributed by atoms with van der Waals surface area (Å²) in [5.74, 6) is 1.08. The maximum Gasteiger partial charge on any atom is 0.122 e. The van der Waals surface area contributed by atoms with Crippen LogP contribution in [0.2, 0.25) is 0 Å². The van der Waals surface area contributed by atoms with Gasteiger partial charge in [0.15, 0.2) is 0 Å². The van der Waals surface area contributed by atoms with Crippen molar-refractivity contribution in [3.05, 3.63) is 18.2 Å². The van der Waals surface area contributed by atoms with Gasteiger partial charge in [0.1, 0.15) is 5.82 Å². The minimum absolute atomic E-state index is 0.286. The molecular weight excluding hydrogens is 200 g/mol. The summed E-state index contributed by atoms with van der Waals surface area (Å²) >= 11 is 0. The summed E-state index contributed by atoms with van der Waals surface area (Å²) in [7, 11) is 4.12. The zero-order chi connectivity index (χ0) is 11.6. The van der Waals surface area contributed by atoms with Crippen molar-refractivity contribution in [2.75, 3.05) is 13.6 Å². The van der Waals surface area contributed by atoms with Crippen LogP contribution in [-0.2, 0) is 13.6 Å². The smallest absolute Gasteiger partial charge is 0.122 e. The Morgan fingerprint density at radius 3 is 2.88 bits per heavy atom. The third kappa shape index (κ3) is 2.42. The Kier molecular flexibility index (Phi) is 2.97. The van der Waals surface area contributed by atoms with Crippen LogP contribution in [0.4, 0.5) is 0 Å². The molecule has 1 aromatic heterocycles. The molecule has 0 unspecified atom stereocenters. The highest BCUT2D eigenvalue weighted by molar-refractivity contribution is 5.01. The second-order valence-corrected chi connectivity index (χ2v) is 4.96. The molecule has 1 fully saturated rings. The van der Waals surface area contributed by atoms with Crippen LogP contribution in [0.3, 0.4) is 0 Å². The van der Waals surface area contributed by atoms with Gasteiger partial charge in [0.2, 0.25) is 0 Å². The number of nitrogens with zero attached hydrogens (tertiary/aromatic N) is 4. The molecule has 0 bridgehead atoms. The minimum Gasteiger partial charge on any atom is -0.337 e. The van der Waals surface area contributed by atoms with Gasteiger partial charge >= 0.3 is 0 Å². The highest BCUT2D eigenvalue weighted by Crippen LogP contribution is 2.48. The Labute approximate surface area is 96.5 Å². The fourth-order valence-corrected chi connectivity index (χ4v) is 2.15. The normalized spacial score (nSPS) is 17.4. The maximum absolute atomic E-state index is 8.77. The fourth-order valence-electron chi connectivity index (χ4n) is 2.15. The van der Waals surface area contributed by atoms with Crippen molar-refractivity contribution in [1.29, 1.82) is 5.26 Å². The molecule has 4 heteroatoms. The van der Waals surface area contributed by atoms with E-state index in [-0.39, 0.29) is 5.41 Å². The summed E-state index contributed by atoms with van der Waals surface area (Å²) in [6, 6.07) is 2.30. The maximum atomic E-state index is 8.77. The van der Waals surface area contributed by atoms with Crippen molar-refractivity contribution in [1.82, 2.24) is 14.5 Å². The zero-order valence-corrected chi connectivity index (χ0v) is 9.98. The molecule has 1 aromatic rings. The second kappa shape index (κ2) is 4.26. The Morgan fingerprint density at radius 1 is 1.62 bits per heavy atom. The zero-order valence-electron chi connectivity index (χ0n) is 9.98. The summed E-state index contributed by atoms with van der Waals surface area (Å²) < 4.78 is 2.04. The van der Waals surface area contributed by atoms with E-state index in [0.717, 1.165) is 18.9 Å². The molecule has 0 radical (unpaired) electrons. The number of aromatic nitrogens is 2. The van der Waals surface area contributed by atoms with E-state index >= 15 is 0 Å². The first-order chi connectivity index (χ1) is 7.65. The third-order valence-corrected chi connectivity index (χ3v) is 3.35. The molecule has 1 aliphatic carbocycles. The number of aryl methyl sites for hydroxylation is 1. The third-order valence-electron chi connectivity index (χ3n) is 3.35. The fraction of sp³-hybridized carbons (Fsp3) is 0.667. The minimum atomic E-state index is 0.286. The second-order valence-electron chi connectivity index (χ2n) is 4.96. The van der Waals surface area contributed by atoms with Gasteiger partial charge in [-0.1, -0.05) is 0 Å². The highest BCUT2D eigenvalue weighted by atomic mass is 15.2. The molecule has 4 nitrogen and oxygen atoms in total. The van der Waals surface area contributed by atoms with Crippen LogP contribution >= 0.6 is 0 Å². The number of hydrogen-bond acceptors (Lipinski definition) is 3. The topological polar surface area (TPSA) is 44.9 Å². The predicted octanol–water partition coefficient (Wildman–Crippen LogP) is 1.55. The molecule has 0 aliphatic heterocycles. The lowest BCUT2D eigenvalue weighted by Gasteiger charge is -2.21. The van der Waals surface area contributed by atoms with Gasteiger partial charge in [-0.3, -0.25) is 4.90 Å². The molecule has 1 aliphatic rings. The average Bonchev–Trinajstić information content (AvgIpc) is 2.85. The van der Waals surface area contributed by atoms with Gasteiger partial charge in [0.25, 0.3) is 0 Å². The molecule has 0 atom stereocenters. The van der Waals surface area contributed by atoms with E-state index in [1.807, 2.05) is 24.0 Å². The van der Waals surface area contributed by atoms with Crippen molar-refractivity contribution in [3.63, 3.8) is 0 Å². The molecule has 2 rings (SSSR count). The van der Waals surface area contributed by atoms with Crippen LogP contribution < -0.4 is 0 Å². The monoisotopic (exact) mass is 218 g/mol. The van der Waals surface area contributed by atoms with E-state index in [0.29, 0.717) is 6.42 Å². The van der Waals surface area contributed by atoms with Crippen molar-refractivity contribution in [2.45, 2.75) is 25.8 Å². The van der Waals surface area contributed by atoms with Crippen LogP contribution in [-0.4, -0.2) is 28.0 Å². The lowest BCUT2D eigenvalue weighted by atomic mass is 10.0. The van der Waals surface area contributed by atoms with Crippen molar-refractivity contribution < 1.29 is 0 Å². The molecule has 1 saturated carbocycles. The van der Waals surface area contributed by atoms with E-state index in [1.165, 1.54) is 12.8 Å². The first kappa shape index (κ1) is 11.2. The lowest BCUT2D eigenvalue weighted by Crippen LogP contribution is -2.27. The SMILES string of the molecule is CN(Cc1nccn1C)CC1(CC#N)CC1. The summed E-state index contributed by atoms with van der Waals surface area (Å²) in [6.07, 6.45) is 6.88. The van der Waals surface area contributed by atoms with E-state index in [2.05, 4.69) is 23.0 Å². The van der Waals surface area contributed by atoms with Gasteiger partial charge in [-0.05, 0) is 25.3 Å². The summed E-state index contributed by atoms with van der Waals surface area (Å²) in [4.78, 5) is 6.58.